The Labute approximate surface area is 131 Å². The summed E-state index contributed by atoms with van der Waals surface area (Å²) in [6.07, 6.45) is 1.11. The van der Waals surface area contributed by atoms with Crippen LogP contribution in [0.4, 0.5) is 0 Å². The highest BCUT2D eigenvalue weighted by molar-refractivity contribution is 6.27. The Bertz CT molecular complexity index is 482. The van der Waals surface area contributed by atoms with E-state index in [1.54, 1.807) is 0 Å². The van der Waals surface area contributed by atoms with Crippen molar-refractivity contribution in [1.82, 2.24) is 4.90 Å². The van der Waals surface area contributed by atoms with Gasteiger partial charge in [0, 0.05) is 13.1 Å². The van der Waals surface area contributed by atoms with Gasteiger partial charge in [0.1, 0.15) is 0 Å². The number of rotatable bonds is 6. The smallest absolute Gasteiger partial charge is 0.414 e. The van der Waals surface area contributed by atoms with E-state index >= 15 is 0 Å². The molecule has 0 fully saturated rings. The Kier molecular flexibility index (Phi) is 9.54. The van der Waals surface area contributed by atoms with Gasteiger partial charge in [-0.15, -0.1) is 0 Å². The van der Waals surface area contributed by atoms with E-state index < -0.39 is 11.9 Å². The summed E-state index contributed by atoms with van der Waals surface area (Å²) in [7, 11) is 0. The minimum Gasteiger partial charge on any atom is -0.473 e. The molecule has 0 radical (unpaired) electrons. The van der Waals surface area contributed by atoms with E-state index in [9.17, 15) is 0 Å². The highest BCUT2D eigenvalue weighted by atomic mass is 16.4. The molecule has 0 amide bonds. The molecule has 0 unspecified atom stereocenters. The topological polar surface area (TPSA) is 77.8 Å². The Hall–Kier alpha value is -2.14. The standard InChI is InChI=1S/C15H23N.C2H2O4/c1-5-14-7-9-15(10-8-14)12-16(6-2)11-13(3)4;3-1(4)2(5)6/h7-10H,3,5-6,11-12H2,1-2,4H3;(H,3,4)(H,5,6). The molecule has 0 saturated heterocycles. The van der Waals surface area contributed by atoms with E-state index in [0.29, 0.717) is 0 Å². The van der Waals surface area contributed by atoms with Crippen LogP contribution in [0.15, 0.2) is 36.4 Å². The fourth-order valence-corrected chi connectivity index (χ4v) is 1.80. The van der Waals surface area contributed by atoms with Crippen LogP contribution in [0.3, 0.4) is 0 Å². The van der Waals surface area contributed by atoms with E-state index in [-0.39, 0.29) is 0 Å². The van der Waals surface area contributed by atoms with Gasteiger partial charge in [-0.1, -0.05) is 50.3 Å². The van der Waals surface area contributed by atoms with E-state index in [2.05, 4.69) is 56.5 Å². The van der Waals surface area contributed by atoms with Crippen molar-refractivity contribution in [1.29, 1.82) is 0 Å². The van der Waals surface area contributed by atoms with Crippen molar-refractivity contribution < 1.29 is 19.8 Å². The summed E-state index contributed by atoms with van der Waals surface area (Å²) in [6.45, 7) is 13.5. The summed E-state index contributed by atoms with van der Waals surface area (Å²) in [5.41, 5.74) is 4.03. The first kappa shape index (κ1) is 19.9. The Morgan fingerprint density at radius 1 is 1.05 bits per heavy atom. The molecule has 0 atom stereocenters. The van der Waals surface area contributed by atoms with Crippen molar-refractivity contribution in [2.75, 3.05) is 13.1 Å². The molecule has 0 aliphatic carbocycles. The minimum atomic E-state index is -1.82. The molecule has 0 aromatic heterocycles. The number of carboxylic acid groups (broad SMARTS) is 2. The predicted octanol–water partition coefficient (Wildman–Crippen LogP) is 2.80. The first-order valence-electron chi connectivity index (χ1n) is 7.20. The fourth-order valence-electron chi connectivity index (χ4n) is 1.80. The third kappa shape index (κ3) is 8.92. The van der Waals surface area contributed by atoms with E-state index in [4.69, 9.17) is 19.8 Å². The van der Waals surface area contributed by atoms with E-state index in [0.717, 1.165) is 26.1 Å². The lowest BCUT2D eigenvalue weighted by Crippen LogP contribution is -2.24. The minimum absolute atomic E-state index is 0.992. The van der Waals surface area contributed by atoms with Crippen LogP contribution >= 0.6 is 0 Å². The van der Waals surface area contributed by atoms with Gasteiger partial charge in [-0.3, -0.25) is 4.90 Å². The van der Waals surface area contributed by atoms with Gasteiger partial charge in [0.25, 0.3) is 0 Å². The zero-order valence-electron chi connectivity index (χ0n) is 13.5. The molecule has 1 aromatic carbocycles. The van der Waals surface area contributed by atoms with E-state index in [1.165, 1.54) is 16.7 Å². The molecule has 0 aliphatic rings. The lowest BCUT2D eigenvalue weighted by atomic mass is 10.1. The SMILES string of the molecule is C=C(C)CN(CC)Cc1ccc(CC)cc1.O=C(O)C(=O)O. The number of nitrogens with zero attached hydrogens (tertiary/aromatic N) is 1. The van der Waals surface area contributed by atoms with Gasteiger partial charge in [-0.25, -0.2) is 9.59 Å². The van der Waals surface area contributed by atoms with Crippen molar-refractivity contribution in [3.05, 3.63) is 47.5 Å². The fraction of sp³-hybridized carbons (Fsp3) is 0.412. The lowest BCUT2D eigenvalue weighted by Gasteiger charge is -2.20. The van der Waals surface area contributed by atoms with Crippen LogP contribution in [0.1, 0.15) is 31.9 Å². The van der Waals surface area contributed by atoms with Gasteiger partial charge >= 0.3 is 11.9 Å². The number of benzene rings is 1. The monoisotopic (exact) mass is 307 g/mol. The van der Waals surface area contributed by atoms with Crippen molar-refractivity contribution in [3.8, 4) is 0 Å². The average Bonchev–Trinajstić information content (AvgIpc) is 2.47. The molecule has 0 bridgehead atoms. The highest BCUT2D eigenvalue weighted by Gasteiger charge is 2.04. The maximum Gasteiger partial charge on any atom is 0.414 e. The van der Waals surface area contributed by atoms with Crippen molar-refractivity contribution in [2.24, 2.45) is 0 Å². The molecule has 2 N–H and O–H groups in total. The molecule has 1 aromatic rings. The second kappa shape index (κ2) is 10.6. The summed E-state index contributed by atoms with van der Waals surface area (Å²) in [4.78, 5) is 20.6. The quantitative estimate of drug-likeness (QED) is 0.624. The molecule has 122 valence electrons. The van der Waals surface area contributed by atoms with Gasteiger partial charge in [0.15, 0.2) is 0 Å². The number of hydrogen-bond acceptors (Lipinski definition) is 3. The molecule has 0 heterocycles. The summed E-state index contributed by atoms with van der Waals surface area (Å²) in [5, 5.41) is 14.8. The number of carboxylic acids is 2. The molecule has 0 aliphatic heterocycles. The Balaban J connectivity index is 0.000000626. The maximum atomic E-state index is 9.10. The summed E-state index contributed by atoms with van der Waals surface area (Å²) in [6, 6.07) is 8.92. The third-order valence-corrected chi connectivity index (χ3v) is 2.96. The molecule has 22 heavy (non-hydrogen) atoms. The molecule has 1 rings (SSSR count). The highest BCUT2D eigenvalue weighted by Crippen LogP contribution is 2.09. The normalized spacial score (nSPS) is 9.82. The first-order valence-corrected chi connectivity index (χ1v) is 7.20. The summed E-state index contributed by atoms with van der Waals surface area (Å²) >= 11 is 0. The third-order valence-electron chi connectivity index (χ3n) is 2.96. The zero-order valence-corrected chi connectivity index (χ0v) is 13.5. The van der Waals surface area contributed by atoms with Crippen LogP contribution in [-0.2, 0) is 22.6 Å². The molecule has 0 saturated carbocycles. The van der Waals surface area contributed by atoms with Gasteiger partial charge in [0.2, 0.25) is 0 Å². The number of carbonyl (C=O) groups is 2. The molecular weight excluding hydrogens is 282 g/mol. The van der Waals surface area contributed by atoms with Gasteiger partial charge in [0.05, 0.1) is 0 Å². The maximum absolute atomic E-state index is 9.10. The number of aryl methyl sites for hydroxylation is 1. The summed E-state index contributed by atoms with van der Waals surface area (Å²) in [5.74, 6) is -3.65. The second-order valence-corrected chi connectivity index (χ2v) is 5.04. The van der Waals surface area contributed by atoms with Gasteiger partial charge < -0.3 is 10.2 Å². The van der Waals surface area contributed by atoms with E-state index in [1.807, 2.05) is 0 Å². The zero-order chi connectivity index (χ0) is 17.1. The van der Waals surface area contributed by atoms with Crippen molar-refractivity contribution in [2.45, 2.75) is 33.7 Å². The predicted molar refractivity (Wildman–Crippen MR) is 86.9 cm³/mol. The average molecular weight is 307 g/mol. The van der Waals surface area contributed by atoms with Crippen LogP contribution in [0, 0.1) is 0 Å². The van der Waals surface area contributed by atoms with Crippen molar-refractivity contribution in [3.63, 3.8) is 0 Å². The lowest BCUT2D eigenvalue weighted by molar-refractivity contribution is -0.159. The van der Waals surface area contributed by atoms with Crippen LogP contribution < -0.4 is 0 Å². The molecule has 0 spiro atoms. The first-order chi connectivity index (χ1) is 10.3. The molecule has 5 nitrogen and oxygen atoms in total. The largest absolute Gasteiger partial charge is 0.473 e. The van der Waals surface area contributed by atoms with Crippen LogP contribution in [0.2, 0.25) is 0 Å². The van der Waals surface area contributed by atoms with Crippen LogP contribution in [0.5, 0.6) is 0 Å². The van der Waals surface area contributed by atoms with Gasteiger partial charge in [-0.05, 0) is 31.0 Å². The second-order valence-electron chi connectivity index (χ2n) is 5.04. The Morgan fingerprint density at radius 3 is 1.82 bits per heavy atom. The molecular formula is C17H25NO4. The number of aliphatic carboxylic acids is 2. The van der Waals surface area contributed by atoms with Crippen LogP contribution in [0.25, 0.3) is 0 Å². The molecule has 5 heteroatoms. The Morgan fingerprint density at radius 2 is 1.50 bits per heavy atom. The number of likely N-dealkylation sites (N-methyl/N-ethyl adjacent to an activating group) is 1. The number of hydrogen-bond donors (Lipinski definition) is 2. The van der Waals surface area contributed by atoms with Crippen molar-refractivity contribution >= 4 is 11.9 Å². The van der Waals surface area contributed by atoms with Crippen LogP contribution in [-0.4, -0.2) is 40.1 Å². The van der Waals surface area contributed by atoms with Gasteiger partial charge in [-0.2, -0.15) is 0 Å². The summed E-state index contributed by atoms with van der Waals surface area (Å²) < 4.78 is 0.